The standard InChI is InChI=1S/C14H27F3/c1-6-12(7-2)13(10(3)4)9-8-11(5)14(15,16)17/h10-13H,6-9H2,1-5H3. The minimum Gasteiger partial charge on any atom is -0.171 e. The third kappa shape index (κ3) is 5.78. The second-order valence-corrected chi connectivity index (χ2v) is 5.50. The summed E-state index contributed by atoms with van der Waals surface area (Å²) in [6, 6.07) is 0. The Morgan fingerprint density at radius 3 is 1.65 bits per heavy atom. The van der Waals surface area contributed by atoms with Crippen molar-refractivity contribution in [2.75, 3.05) is 0 Å². The molecule has 0 amide bonds. The van der Waals surface area contributed by atoms with Crippen LogP contribution in [-0.2, 0) is 0 Å². The van der Waals surface area contributed by atoms with Crippen LogP contribution in [0.5, 0.6) is 0 Å². The molecule has 0 aliphatic heterocycles. The van der Waals surface area contributed by atoms with Gasteiger partial charge in [-0.3, -0.25) is 0 Å². The summed E-state index contributed by atoms with van der Waals surface area (Å²) in [6.07, 6.45) is -0.928. The molecule has 0 nitrogen and oxygen atoms in total. The van der Waals surface area contributed by atoms with E-state index < -0.39 is 12.1 Å². The van der Waals surface area contributed by atoms with Crippen LogP contribution in [0.3, 0.4) is 0 Å². The predicted octanol–water partition coefficient (Wildman–Crippen LogP) is 5.67. The highest BCUT2D eigenvalue weighted by Crippen LogP contribution is 2.35. The molecule has 0 fully saturated rings. The van der Waals surface area contributed by atoms with E-state index in [0.717, 1.165) is 12.8 Å². The summed E-state index contributed by atoms with van der Waals surface area (Å²) in [7, 11) is 0. The highest BCUT2D eigenvalue weighted by atomic mass is 19.4. The molecule has 2 atom stereocenters. The largest absolute Gasteiger partial charge is 0.391 e. The molecule has 0 spiro atoms. The molecule has 0 aliphatic rings. The average Bonchev–Trinajstić information content (AvgIpc) is 2.21. The summed E-state index contributed by atoms with van der Waals surface area (Å²) in [5, 5.41) is 0. The summed E-state index contributed by atoms with van der Waals surface area (Å²) in [4.78, 5) is 0. The molecule has 3 heteroatoms. The van der Waals surface area contributed by atoms with Gasteiger partial charge in [0.05, 0.1) is 5.92 Å². The van der Waals surface area contributed by atoms with E-state index in [0.29, 0.717) is 24.2 Å². The van der Waals surface area contributed by atoms with Crippen molar-refractivity contribution < 1.29 is 13.2 Å². The molecule has 0 N–H and O–H groups in total. The van der Waals surface area contributed by atoms with E-state index in [9.17, 15) is 13.2 Å². The van der Waals surface area contributed by atoms with Gasteiger partial charge >= 0.3 is 6.18 Å². The van der Waals surface area contributed by atoms with Crippen molar-refractivity contribution in [1.29, 1.82) is 0 Å². The van der Waals surface area contributed by atoms with E-state index in [2.05, 4.69) is 27.7 Å². The molecule has 2 unspecified atom stereocenters. The Morgan fingerprint density at radius 1 is 0.882 bits per heavy atom. The SMILES string of the molecule is CCC(CC)C(CCC(C)C(F)(F)F)C(C)C. The van der Waals surface area contributed by atoms with Crippen molar-refractivity contribution in [3.8, 4) is 0 Å². The van der Waals surface area contributed by atoms with Crippen LogP contribution in [-0.4, -0.2) is 6.18 Å². The molecular formula is C14H27F3. The zero-order valence-corrected chi connectivity index (χ0v) is 11.8. The van der Waals surface area contributed by atoms with Gasteiger partial charge in [0, 0.05) is 0 Å². The second kappa shape index (κ2) is 7.27. The Kier molecular flexibility index (Phi) is 7.18. The summed E-state index contributed by atoms with van der Waals surface area (Å²) in [6.45, 7) is 9.82. The maximum atomic E-state index is 12.5. The number of rotatable bonds is 7. The molecule has 0 aromatic rings. The van der Waals surface area contributed by atoms with Crippen LogP contribution >= 0.6 is 0 Å². The van der Waals surface area contributed by atoms with Crippen LogP contribution < -0.4 is 0 Å². The van der Waals surface area contributed by atoms with Crippen molar-refractivity contribution >= 4 is 0 Å². The van der Waals surface area contributed by atoms with Crippen LogP contribution in [0.2, 0.25) is 0 Å². The minimum absolute atomic E-state index is 0.267. The van der Waals surface area contributed by atoms with Gasteiger partial charge < -0.3 is 0 Å². The molecule has 0 heterocycles. The lowest BCUT2D eigenvalue weighted by Gasteiger charge is -2.30. The fraction of sp³-hybridized carbons (Fsp3) is 1.00. The smallest absolute Gasteiger partial charge is 0.171 e. The van der Waals surface area contributed by atoms with Crippen molar-refractivity contribution in [2.24, 2.45) is 23.7 Å². The van der Waals surface area contributed by atoms with Crippen molar-refractivity contribution in [1.82, 2.24) is 0 Å². The third-order valence-electron chi connectivity index (χ3n) is 4.00. The normalized spacial score (nSPS) is 16.6. The van der Waals surface area contributed by atoms with E-state index >= 15 is 0 Å². The highest BCUT2D eigenvalue weighted by molar-refractivity contribution is 4.74. The predicted molar refractivity (Wildman–Crippen MR) is 66.9 cm³/mol. The molecule has 0 saturated heterocycles. The maximum absolute atomic E-state index is 12.5. The summed E-state index contributed by atoms with van der Waals surface area (Å²) < 4.78 is 37.4. The molecule has 0 saturated carbocycles. The lowest BCUT2D eigenvalue weighted by Crippen LogP contribution is -2.24. The number of halogens is 3. The van der Waals surface area contributed by atoms with Gasteiger partial charge in [-0.15, -0.1) is 0 Å². The maximum Gasteiger partial charge on any atom is 0.391 e. The van der Waals surface area contributed by atoms with Gasteiger partial charge in [-0.1, -0.05) is 47.5 Å². The fourth-order valence-electron chi connectivity index (χ4n) is 2.61. The molecule has 0 aliphatic carbocycles. The summed E-state index contributed by atoms with van der Waals surface area (Å²) >= 11 is 0. The molecule has 0 radical (unpaired) electrons. The van der Waals surface area contributed by atoms with Crippen molar-refractivity contribution in [3.05, 3.63) is 0 Å². The van der Waals surface area contributed by atoms with Crippen LogP contribution in [0.15, 0.2) is 0 Å². The van der Waals surface area contributed by atoms with Gasteiger partial charge in [0.15, 0.2) is 0 Å². The molecule has 0 aromatic carbocycles. The first kappa shape index (κ1) is 16.8. The molecular weight excluding hydrogens is 225 g/mol. The van der Waals surface area contributed by atoms with Gasteiger partial charge in [-0.2, -0.15) is 13.2 Å². The zero-order chi connectivity index (χ0) is 13.6. The monoisotopic (exact) mass is 252 g/mol. The molecule has 104 valence electrons. The van der Waals surface area contributed by atoms with Gasteiger partial charge in [0.1, 0.15) is 0 Å². The minimum atomic E-state index is -4.03. The average molecular weight is 252 g/mol. The van der Waals surface area contributed by atoms with E-state index in [1.165, 1.54) is 6.92 Å². The first-order chi connectivity index (χ1) is 7.73. The Bertz CT molecular complexity index is 192. The van der Waals surface area contributed by atoms with Crippen molar-refractivity contribution in [3.63, 3.8) is 0 Å². The lowest BCUT2D eigenvalue weighted by atomic mass is 9.76. The summed E-state index contributed by atoms with van der Waals surface area (Å²) in [5.41, 5.74) is 0. The Labute approximate surface area is 104 Å². The van der Waals surface area contributed by atoms with E-state index in [1.807, 2.05) is 0 Å². The Morgan fingerprint density at radius 2 is 1.35 bits per heavy atom. The number of alkyl halides is 3. The van der Waals surface area contributed by atoms with Crippen LogP contribution in [0.1, 0.15) is 60.3 Å². The summed E-state index contributed by atoms with van der Waals surface area (Å²) in [5.74, 6) is 0.295. The van der Waals surface area contributed by atoms with Crippen molar-refractivity contribution in [2.45, 2.75) is 66.5 Å². The number of hydrogen-bond acceptors (Lipinski definition) is 0. The molecule has 0 aromatic heterocycles. The fourth-order valence-corrected chi connectivity index (χ4v) is 2.61. The molecule has 0 bridgehead atoms. The first-order valence-electron chi connectivity index (χ1n) is 6.80. The third-order valence-corrected chi connectivity index (χ3v) is 4.00. The van der Waals surface area contributed by atoms with Crippen LogP contribution in [0.4, 0.5) is 13.2 Å². The van der Waals surface area contributed by atoms with E-state index in [4.69, 9.17) is 0 Å². The Balaban J connectivity index is 4.37. The second-order valence-electron chi connectivity index (χ2n) is 5.50. The highest BCUT2D eigenvalue weighted by Gasteiger charge is 2.36. The van der Waals surface area contributed by atoms with Gasteiger partial charge in [-0.05, 0) is 30.6 Å². The van der Waals surface area contributed by atoms with Crippen LogP contribution in [0, 0.1) is 23.7 Å². The zero-order valence-electron chi connectivity index (χ0n) is 11.8. The topological polar surface area (TPSA) is 0 Å². The van der Waals surface area contributed by atoms with Gasteiger partial charge in [0.2, 0.25) is 0 Å². The Hall–Kier alpha value is -0.210. The first-order valence-corrected chi connectivity index (χ1v) is 6.80. The number of hydrogen-bond donors (Lipinski definition) is 0. The molecule has 0 rings (SSSR count). The quantitative estimate of drug-likeness (QED) is 0.547. The lowest BCUT2D eigenvalue weighted by molar-refractivity contribution is -0.172. The van der Waals surface area contributed by atoms with E-state index in [-0.39, 0.29) is 6.42 Å². The van der Waals surface area contributed by atoms with Gasteiger partial charge in [0.25, 0.3) is 0 Å². The van der Waals surface area contributed by atoms with Crippen LogP contribution in [0.25, 0.3) is 0 Å². The van der Waals surface area contributed by atoms with Gasteiger partial charge in [-0.25, -0.2) is 0 Å². The molecule has 17 heavy (non-hydrogen) atoms. The van der Waals surface area contributed by atoms with E-state index in [1.54, 1.807) is 0 Å².